The average Bonchev–Trinajstić information content (AvgIpc) is 2.47. The van der Waals surface area contributed by atoms with Crippen LogP contribution >= 0.6 is 11.8 Å². The van der Waals surface area contributed by atoms with Crippen molar-refractivity contribution in [3.05, 3.63) is 0 Å². The van der Waals surface area contributed by atoms with Crippen molar-refractivity contribution < 1.29 is 4.74 Å². The molecule has 4 nitrogen and oxygen atoms in total. The summed E-state index contributed by atoms with van der Waals surface area (Å²) in [6, 6.07) is 0. The van der Waals surface area contributed by atoms with E-state index in [4.69, 9.17) is 4.74 Å². The van der Waals surface area contributed by atoms with Gasteiger partial charge in [0.25, 0.3) is 0 Å². The van der Waals surface area contributed by atoms with Gasteiger partial charge in [-0.25, -0.2) is 0 Å². The molecule has 1 heterocycles. The first-order chi connectivity index (χ1) is 10.1. The summed E-state index contributed by atoms with van der Waals surface area (Å²) in [4.78, 5) is 4.33. The zero-order valence-electron chi connectivity index (χ0n) is 14.2. The van der Waals surface area contributed by atoms with Crippen LogP contribution in [0.4, 0.5) is 0 Å². The summed E-state index contributed by atoms with van der Waals surface area (Å²) in [5.41, 5.74) is 0. The number of ether oxygens (including phenoxy) is 1. The summed E-state index contributed by atoms with van der Waals surface area (Å²) in [7, 11) is 1.85. The molecule has 5 heteroatoms. The van der Waals surface area contributed by atoms with E-state index in [0.717, 1.165) is 56.8 Å². The van der Waals surface area contributed by atoms with Crippen LogP contribution in [0.2, 0.25) is 0 Å². The normalized spacial score (nSPS) is 18.8. The SMILES string of the molecule is CCSC1(CNC(=NC)NCCCC(C)C)CCOCC1. The standard InChI is InChI=1S/C16H33N3OS/c1-5-21-16(8-11-20-12-9-16)13-19-15(17-4)18-10-6-7-14(2)3/h14H,5-13H2,1-4H3,(H2,17,18,19). The molecule has 1 saturated heterocycles. The Hall–Kier alpha value is -0.420. The first-order valence-corrected chi connectivity index (χ1v) is 9.26. The van der Waals surface area contributed by atoms with E-state index >= 15 is 0 Å². The molecular formula is C16H33N3OS. The third kappa shape index (κ3) is 7.41. The van der Waals surface area contributed by atoms with Gasteiger partial charge >= 0.3 is 0 Å². The van der Waals surface area contributed by atoms with Crippen molar-refractivity contribution in [2.45, 2.75) is 51.2 Å². The van der Waals surface area contributed by atoms with E-state index in [-0.39, 0.29) is 0 Å². The van der Waals surface area contributed by atoms with Crippen molar-refractivity contribution in [1.82, 2.24) is 10.6 Å². The molecule has 124 valence electrons. The van der Waals surface area contributed by atoms with Crippen molar-refractivity contribution in [1.29, 1.82) is 0 Å². The molecule has 2 N–H and O–H groups in total. The number of hydrogen-bond donors (Lipinski definition) is 2. The van der Waals surface area contributed by atoms with Crippen LogP contribution in [-0.2, 0) is 4.74 Å². The molecular weight excluding hydrogens is 282 g/mol. The van der Waals surface area contributed by atoms with Gasteiger partial charge in [0.15, 0.2) is 5.96 Å². The van der Waals surface area contributed by atoms with Crippen molar-refractivity contribution in [2.24, 2.45) is 10.9 Å². The molecule has 0 aromatic heterocycles. The molecule has 21 heavy (non-hydrogen) atoms. The lowest BCUT2D eigenvalue weighted by Crippen LogP contribution is -2.48. The van der Waals surface area contributed by atoms with Gasteiger partial charge in [0, 0.05) is 38.1 Å². The molecule has 0 saturated carbocycles. The van der Waals surface area contributed by atoms with Crippen LogP contribution in [0.25, 0.3) is 0 Å². The summed E-state index contributed by atoms with van der Waals surface area (Å²) in [6.45, 7) is 10.5. The maximum Gasteiger partial charge on any atom is 0.191 e. The van der Waals surface area contributed by atoms with E-state index in [2.05, 4.69) is 48.2 Å². The lowest BCUT2D eigenvalue weighted by Gasteiger charge is -2.37. The molecule has 0 radical (unpaired) electrons. The predicted molar refractivity (Wildman–Crippen MR) is 94.4 cm³/mol. The van der Waals surface area contributed by atoms with Gasteiger partial charge < -0.3 is 15.4 Å². The van der Waals surface area contributed by atoms with Gasteiger partial charge in [0.05, 0.1) is 0 Å². The second kappa shape index (κ2) is 10.3. The summed E-state index contributed by atoms with van der Waals surface area (Å²) in [6.07, 6.45) is 4.71. The number of guanidine groups is 1. The minimum Gasteiger partial charge on any atom is -0.381 e. The number of thioether (sulfide) groups is 1. The molecule has 1 aliphatic rings. The molecule has 0 aromatic rings. The highest BCUT2D eigenvalue weighted by molar-refractivity contribution is 8.00. The van der Waals surface area contributed by atoms with Crippen molar-refractivity contribution in [3.63, 3.8) is 0 Å². The van der Waals surface area contributed by atoms with Crippen LogP contribution in [0.5, 0.6) is 0 Å². The Balaban J connectivity index is 2.34. The Morgan fingerprint density at radius 1 is 1.29 bits per heavy atom. The Morgan fingerprint density at radius 3 is 2.57 bits per heavy atom. The predicted octanol–water partition coefficient (Wildman–Crippen LogP) is 2.89. The summed E-state index contributed by atoms with van der Waals surface area (Å²) in [5, 5.41) is 6.94. The third-order valence-corrected chi connectivity index (χ3v) is 5.36. The van der Waals surface area contributed by atoms with Gasteiger partial charge in [0.2, 0.25) is 0 Å². The largest absolute Gasteiger partial charge is 0.381 e. The Labute approximate surface area is 134 Å². The molecule has 1 rings (SSSR count). The highest BCUT2D eigenvalue weighted by Crippen LogP contribution is 2.34. The van der Waals surface area contributed by atoms with Crippen LogP contribution in [0.1, 0.15) is 46.5 Å². The summed E-state index contributed by atoms with van der Waals surface area (Å²) in [5.74, 6) is 2.86. The fourth-order valence-corrected chi connectivity index (χ4v) is 3.85. The second-order valence-electron chi connectivity index (χ2n) is 6.12. The number of rotatable bonds is 8. The third-order valence-electron chi connectivity index (χ3n) is 3.91. The summed E-state index contributed by atoms with van der Waals surface area (Å²) < 4.78 is 5.83. The highest BCUT2D eigenvalue weighted by Gasteiger charge is 2.32. The van der Waals surface area contributed by atoms with Gasteiger partial charge in [-0.1, -0.05) is 20.8 Å². The van der Waals surface area contributed by atoms with E-state index in [0.29, 0.717) is 4.75 Å². The van der Waals surface area contributed by atoms with Crippen LogP contribution in [-0.4, -0.2) is 49.8 Å². The summed E-state index contributed by atoms with van der Waals surface area (Å²) >= 11 is 2.06. The van der Waals surface area contributed by atoms with Gasteiger partial charge in [-0.15, -0.1) is 0 Å². The first kappa shape index (κ1) is 18.6. The Morgan fingerprint density at radius 2 is 2.00 bits per heavy atom. The molecule has 0 spiro atoms. The molecule has 1 fully saturated rings. The number of nitrogens with one attached hydrogen (secondary N) is 2. The van der Waals surface area contributed by atoms with E-state index in [9.17, 15) is 0 Å². The van der Waals surface area contributed by atoms with Crippen LogP contribution in [0, 0.1) is 5.92 Å². The van der Waals surface area contributed by atoms with E-state index in [1.54, 1.807) is 0 Å². The fourth-order valence-electron chi connectivity index (χ4n) is 2.60. The van der Waals surface area contributed by atoms with E-state index in [1.807, 2.05) is 7.05 Å². The molecule has 1 aliphatic heterocycles. The zero-order chi connectivity index (χ0) is 15.6. The number of aliphatic imine (C=N–C) groups is 1. The number of hydrogen-bond acceptors (Lipinski definition) is 3. The fraction of sp³-hybridized carbons (Fsp3) is 0.938. The van der Waals surface area contributed by atoms with Gasteiger partial charge in [-0.05, 0) is 37.4 Å². The van der Waals surface area contributed by atoms with Gasteiger partial charge in [0.1, 0.15) is 0 Å². The minimum absolute atomic E-state index is 0.308. The molecule has 0 unspecified atom stereocenters. The molecule has 0 amide bonds. The van der Waals surface area contributed by atoms with Crippen LogP contribution < -0.4 is 10.6 Å². The molecule has 0 atom stereocenters. The minimum atomic E-state index is 0.308. The monoisotopic (exact) mass is 315 g/mol. The van der Waals surface area contributed by atoms with Crippen molar-refractivity contribution >= 4 is 17.7 Å². The average molecular weight is 316 g/mol. The Bertz CT molecular complexity index is 296. The zero-order valence-corrected chi connectivity index (χ0v) is 15.0. The molecule has 0 aromatic carbocycles. The van der Waals surface area contributed by atoms with Gasteiger partial charge in [-0.3, -0.25) is 4.99 Å². The second-order valence-corrected chi connectivity index (χ2v) is 7.85. The lowest BCUT2D eigenvalue weighted by atomic mass is 9.99. The maximum absolute atomic E-state index is 5.52. The molecule has 0 aliphatic carbocycles. The van der Waals surface area contributed by atoms with Crippen LogP contribution in [0.3, 0.4) is 0 Å². The lowest BCUT2D eigenvalue weighted by molar-refractivity contribution is 0.0782. The van der Waals surface area contributed by atoms with Crippen molar-refractivity contribution in [3.8, 4) is 0 Å². The van der Waals surface area contributed by atoms with Gasteiger partial charge in [-0.2, -0.15) is 11.8 Å². The Kier molecular flexibility index (Phi) is 9.16. The highest BCUT2D eigenvalue weighted by atomic mass is 32.2. The first-order valence-electron chi connectivity index (χ1n) is 8.28. The topological polar surface area (TPSA) is 45.7 Å². The maximum atomic E-state index is 5.52. The van der Waals surface area contributed by atoms with E-state index < -0.39 is 0 Å². The van der Waals surface area contributed by atoms with E-state index in [1.165, 1.54) is 12.8 Å². The molecule has 0 bridgehead atoms. The smallest absolute Gasteiger partial charge is 0.191 e. The van der Waals surface area contributed by atoms with Crippen molar-refractivity contribution in [2.75, 3.05) is 39.1 Å². The quantitative estimate of drug-likeness (QED) is 0.411. The van der Waals surface area contributed by atoms with Crippen LogP contribution in [0.15, 0.2) is 4.99 Å². The number of nitrogens with zero attached hydrogens (tertiary/aromatic N) is 1.